The Morgan fingerprint density at radius 2 is 1.71 bits per heavy atom. The van der Waals surface area contributed by atoms with E-state index in [2.05, 4.69) is 5.32 Å². The molecule has 0 aliphatic heterocycles. The topological polar surface area (TPSA) is 71.5 Å². The Bertz CT molecular complexity index is 1040. The van der Waals surface area contributed by atoms with Gasteiger partial charge in [0.1, 0.15) is 5.75 Å². The summed E-state index contributed by atoms with van der Waals surface area (Å²) >= 11 is 0. The molecule has 4 aliphatic rings. The Hall–Kier alpha value is -2.35. The Kier molecular flexibility index (Phi) is 5.99. The molecule has 6 rings (SSSR count). The van der Waals surface area contributed by atoms with Gasteiger partial charge in [-0.25, -0.2) is 0 Å². The molecule has 2 aromatic rings. The number of alkyl halides is 3. The molecule has 0 spiro atoms. The van der Waals surface area contributed by atoms with Gasteiger partial charge in [-0.05, 0) is 88.5 Å². The first kappa shape index (κ1) is 23.4. The second-order valence-electron chi connectivity index (χ2n) is 10.5. The maximum atomic E-state index is 12.9. The minimum atomic E-state index is -4.11. The number of ether oxygens (including phenoxy) is 1. The summed E-state index contributed by atoms with van der Waals surface area (Å²) in [7, 11) is 0. The molecule has 0 radical (unpaired) electrons. The molecule has 2 N–H and O–H groups in total. The number of halogens is 3. The zero-order valence-electron chi connectivity index (χ0n) is 19.2. The lowest BCUT2D eigenvalue weighted by atomic mass is 9.57. The van der Waals surface area contributed by atoms with Crippen molar-refractivity contribution in [2.24, 2.45) is 11.3 Å². The smallest absolute Gasteiger partial charge is 0.391 e. The van der Waals surface area contributed by atoms with Crippen molar-refractivity contribution in [2.45, 2.75) is 88.6 Å². The number of fused-ring (bicyclic) bond motifs is 4. The lowest BCUT2D eigenvalue weighted by Gasteiger charge is -2.51. The molecule has 2 bridgehead atoms. The average Bonchev–Trinajstić information content (AvgIpc) is 2.83. The number of hydrogen-bond acceptors (Lipinski definition) is 4. The fraction of sp³-hybridized carbons (Fsp3) is 0.615. The number of nitrogens with zero attached hydrogens (tertiary/aromatic N) is 1. The van der Waals surface area contributed by atoms with Gasteiger partial charge >= 0.3 is 12.1 Å². The van der Waals surface area contributed by atoms with Crippen LogP contribution in [0.4, 0.5) is 13.2 Å². The summed E-state index contributed by atoms with van der Waals surface area (Å²) in [6.45, 7) is 0.636. The van der Waals surface area contributed by atoms with E-state index in [1.807, 2.05) is 30.3 Å². The van der Waals surface area contributed by atoms with Crippen LogP contribution in [0, 0.1) is 11.3 Å². The number of rotatable bonds is 6. The van der Waals surface area contributed by atoms with Gasteiger partial charge in [-0.15, -0.1) is 0 Å². The fourth-order valence-electron chi connectivity index (χ4n) is 6.07. The standard InChI is InChI=1S/C26H31F3N2O3/c27-26(28,29)18-2-5-20(6-3-18)34-21-7-8-22-17(15-21)1-4-19(31-22)16-30-25-12-9-24(10-13-25,11-14-25)23(32)33/h1,4,7-8,15,18,20,30H,2-3,5-6,9-14,16H2,(H,32,33). The third-order valence-electron chi connectivity index (χ3n) is 8.50. The van der Waals surface area contributed by atoms with E-state index in [4.69, 9.17) is 9.72 Å². The Labute approximate surface area is 197 Å². The van der Waals surface area contributed by atoms with Crippen molar-refractivity contribution in [2.75, 3.05) is 0 Å². The molecule has 34 heavy (non-hydrogen) atoms. The number of carboxylic acids is 1. The van der Waals surface area contributed by atoms with Crippen molar-refractivity contribution in [1.82, 2.24) is 10.3 Å². The molecule has 4 aliphatic carbocycles. The van der Waals surface area contributed by atoms with Crippen LogP contribution in [0.1, 0.15) is 69.9 Å². The van der Waals surface area contributed by atoms with E-state index in [9.17, 15) is 23.1 Å². The van der Waals surface area contributed by atoms with E-state index >= 15 is 0 Å². The van der Waals surface area contributed by atoms with E-state index < -0.39 is 23.5 Å². The maximum absolute atomic E-state index is 12.9. The average molecular weight is 477 g/mol. The second-order valence-corrected chi connectivity index (χ2v) is 10.5. The molecule has 4 saturated carbocycles. The highest BCUT2D eigenvalue weighted by Gasteiger charge is 2.52. The molecular weight excluding hydrogens is 445 g/mol. The molecule has 5 nitrogen and oxygen atoms in total. The third kappa shape index (κ3) is 4.61. The van der Waals surface area contributed by atoms with Gasteiger partial charge in [0.2, 0.25) is 0 Å². The van der Waals surface area contributed by atoms with Crippen LogP contribution in [0.2, 0.25) is 0 Å². The van der Waals surface area contributed by atoms with Crippen LogP contribution in [0.25, 0.3) is 10.9 Å². The van der Waals surface area contributed by atoms with Crippen molar-refractivity contribution in [3.8, 4) is 5.75 Å². The van der Waals surface area contributed by atoms with Crippen molar-refractivity contribution in [3.63, 3.8) is 0 Å². The number of pyridine rings is 1. The number of nitrogens with one attached hydrogen (secondary N) is 1. The van der Waals surface area contributed by atoms with Crippen LogP contribution < -0.4 is 10.1 Å². The quantitative estimate of drug-likeness (QED) is 0.535. The van der Waals surface area contributed by atoms with Crippen LogP contribution in [-0.2, 0) is 11.3 Å². The van der Waals surface area contributed by atoms with E-state index in [1.165, 1.54) is 0 Å². The van der Waals surface area contributed by atoms with Crippen LogP contribution in [0.5, 0.6) is 5.75 Å². The van der Waals surface area contributed by atoms with Crippen LogP contribution in [-0.4, -0.2) is 33.9 Å². The van der Waals surface area contributed by atoms with Gasteiger partial charge in [0.15, 0.2) is 0 Å². The molecule has 184 valence electrons. The van der Waals surface area contributed by atoms with E-state index in [-0.39, 0.29) is 24.5 Å². The number of hydrogen-bond donors (Lipinski definition) is 2. The largest absolute Gasteiger partial charge is 0.490 e. The predicted molar refractivity (Wildman–Crippen MR) is 122 cm³/mol. The normalized spacial score (nSPS) is 31.5. The summed E-state index contributed by atoms with van der Waals surface area (Å²) in [5.74, 6) is -1.18. The molecule has 0 amide bonds. The Balaban J connectivity index is 1.18. The minimum Gasteiger partial charge on any atom is -0.490 e. The van der Waals surface area contributed by atoms with E-state index in [0.29, 0.717) is 25.1 Å². The van der Waals surface area contributed by atoms with Gasteiger partial charge in [-0.2, -0.15) is 13.2 Å². The highest BCUT2D eigenvalue weighted by Crippen LogP contribution is 2.52. The first-order valence-electron chi connectivity index (χ1n) is 12.3. The van der Waals surface area contributed by atoms with Crippen LogP contribution in [0.15, 0.2) is 30.3 Å². The SMILES string of the molecule is O=C(O)C12CCC(NCc3ccc4cc(OC5CCC(C(F)(F)F)CC5)ccc4n3)(CC1)CC2. The summed E-state index contributed by atoms with van der Waals surface area (Å²) in [6, 6.07) is 9.63. The first-order chi connectivity index (χ1) is 16.2. The monoisotopic (exact) mass is 476 g/mol. The van der Waals surface area contributed by atoms with Gasteiger partial charge in [-0.3, -0.25) is 9.78 Å². The molecule has 4 fully saturated rings. The highest BCUT2D eigenvalue weighted by molar-refractivity contribution is 5.80. The summed E-state index contributed by atoms with van der Waals surface area (Å²) in [6.07, 6.45) is 1.66. The lowest BCUT2D eigenvalue weighted by Crippen LogP contribution is -2.56. The molecule has 0 unspecified atom stereocenters. The highest BCUT2D eigenvalue weighted by atomic mass is 19.4. The van der Waals surface area contributed by atoms with Gasteiger partial charge < -0.3 is 15.2 Å². The summed E-state index contributed by atoms with van der Waals surface area (Å²) in [4.78, 5) is 16.4. The number of aromatic nitrogens is 1. The Morgan fingerprint density at radius 3 is 2.32 bits per heavy atom. The van der Waals surface area contributed by atoms with Gasteiger partial charge in [-0.1, -0.05) is 6.07 Å². The minimum absolute atomic E-state index is 0.0106. The number of carbonyl (C=O) groups is 1. The lowest BCUT2D eigenvalue weighted by molar-refractivity contribution is -0.185. The zero-order chi connectivity index (χ0) is 24.0. The van der Waals surface area contributed by atoms with Crippen molar-refractivity contribution < 1.29 is 27.8 Å². The molecule has 1 aromatic heterocycles. The van der Waals surface area contributed by atoms with Crippen molar-refractivity contribution in [1.29, 1.82) is 0 Å². The number of carboxylic acid groups (broad SMARTS) is 1. The zero-order valence-corrected chi connectivity index (χ0v) is 19.2. The Morgan fingerprint density at radius 1 is 1.03 bits per heavy atom. The number of benzene rings is 1. The molecule has 1 heterocycles. The van der Waals surface area contributed by atoms with Crippen LogP contribution >= 0.6 is 0 Å². The van der Waals surface area contributed by atoms with Crippen LogP contribution in [0.3, 0.4) is 0 Å². The van der Waals surface area contributed by atoms with Crippen molar-refractivity contribution in [3.05, 3.63) is 36.0 Å². The third-order valence-corrected chi connectivity index (χ3v) is 8.50. The molecule has 0 atom stereocenters. The van der Waals surface area contributed by atoms with Crippen molar-refractivity contribution >= 4 is 16.9 Å². The van der Waals surface area contributed by atoms with Gasteiger partial charge in [0.05, 0.1) is 28.6 Å². The van der Waals surface area contributed by atoms with E-state index in [1.54, 1.807) is 0 Å². The maximum Gasteiger partial charge on any atom is 0.391 e. The molecule has 0 saturated heterocycles. The number of aliphatic carboxylic acids is 1. The summed E-state index contributed by atoms with van der Waals surface area (Å²) < 4.78 is 44.6. The van der Waals surface area contributed by atoms with E-state index in [0.717, 1.165) is 55.1 Å². The molecule has 8 heteroatoms. The van der Waals surface area contributed by atoms with Gasteiger partial charge in [0, 0.05) is 17.5 Å². The first-order valence-corrected chi connectivity index (χ1v) is 12.3. The fourth-order valence-corrected chi connectivity index (χ4v) is 6.07. The molecule has 1 aromatic carbocycles. The summed E-state index contributed by atoms with van der Waals surface area (Å²) in [5, 5.41) is 14.2. The van der Waals surface area contributed by atoms with Gasteiger partial charge in [0.25, 0.3) is 0 Å². The predicted octanol–water partition coefficient (Wildman–Crippen LogP) is 6.00. The molecular formula is C26H31F3N2O3. The summed E-state index contributed by atoms with van der Waals surface area (Å²) in [5.41, 5.74) is 1.28. The second kappa shape index (κ2) is 8.70.